The lowest BCUT2D eigenvalue weighted by atomic mass is 10.1. The van der Waals surface area contributed by atoms with Gasteiger partial charge in [0.1, 0.15) is 17.1 Å². The van der Waals surface area contributed by atoms with Crippen LogP contribution < -0.4 is 24.4 Å². The Labute approximate surface area is 208 Å². The summed E-state index contributed by atoms with van der Waals surface area (Å²) in [6.45, 7) is 3.83. The predicted octanol–water partition coefficient (Wildman–Crippen LogP) is 5.11. The van der Waals surface area contributed by atoms with Crippen LogP contribution in [0.3, 0.4) is 0 Å². The second kappa shape index (κ2) is 10.4. The van der Waals surface area contributed by atoms with Crippen LogP contribution in [-0.2, 0) is 9.59 Å². The Morgan fingerprint density at radius 3 is 2.26 bits per heavy atom. The van der Waals surface area contributed by atoms with Crippen LogP contribution in [-0.4, -0.2) is 30.1 Å². The van der Waals surface area contributed by atoms with Crippen LogP contribution in [0.15, 0.2) is 78.4 Å². The zero-order valence-corrected chi connectivity index (χ0v) is 20.3. The molecule has 0 bridgehead atoms. The summed E-state index contributed by atoms with van der Waals surface area (Å²) in [5, 5.41) is 2.60. The third-order valence-corrected chi connectivity index (χ3v) is 5.32. The van der Waals surface area contributed by atoms with Crippen molar-refractivity contribution >= 4 is 40.9 Å². The molecule has 1 N–H and O–H groups in total. The quantitative estimate of drug-likeness (QED) is 0.283. The molecule has 0 saturated carbocycles. The first-order valence-electron chi connectivity index (χ1n) is 10.9. The van der Waals surface area contributed by atoms with Crippen molar-refractivity contribution in [2.24, 2.45) is 0 Å². The lowest BCUT2D eigenvalue weighted by Gasteiger charge is -2.29. The summed E-state index contributed by atoms with van der Waals surface area (Å²) in [6.07, 6.45) is 1.47. The van der Waals surface area contributed by atoms with E-state index in [2.05, 4.69) is 5.32 Å². The number of amides is 2. The van der Waals surface area contributed by atoms with Gasteiger partial charge in [-0.3, -0.25) is 19.8 Å². The fourth-order valence-corrected chi connectivity index (χ4v) is 3.75. The Bertz CT molecular complexity index is 1290. The van der Waals surface area contributed by atoms with Gasteiger partial charge in [-0.05, 0) is 86.2 Å². The molecule has 3 aromatic rings. The van der Waals surface area contributed by atoms with Crippen molar-refractivity contribution in [3.63, 3.8) is 0 Å². The van der Waals surface area contributed by atoms with Gasteiger partial charge < -0.3 is 14.2 Å². The maximum Gasteiger partial charge on any atom is 0.270 e. The van der Waals surface area contributed by atoms with Gasteiger partial charge in [0.2, 0.25) is 0 Å². The first kappa shape index (κ1) is 24.0. The number of benzene rings is 3. The minimum Gasteiger partial charge on any atom is -0.493 e. The molecule has 0 spiro atoms. The number of methoxy groups -OCH3 is 1. The van der Waals surface area contributed by atoms with Gasteiger partial charge in [0.15, 0.2) is 16.6 Å². The first-order valence-corrected chi connectivity index (χ1v) is 11.4. The molecule has 1 aliphatic heterocycles. The van der Waals surface area contributed by atoms with E-state index in [-0.39, 0.29) is 16.8 Å². The van der Waals surface area contributed by atoms with Crippen LogP contribution >= 0.6 is 12.2 Å². The lowest BCUT2D eigenvalue weighted by molar-refractivity contribution is -0.122. The van der Waals surface area contributed by atoms with Gasteiger partial charge >= 0.3 is 0 Å². The molecule has 7 nitrogen and oxygen atoms in total. The van der Waals surface area contributed by atoms with E-state index >= 15 is 0 Å². The highest BCUT2D eigenvalue weighted by atomic mass is 32.1. The van der Waals surface area contributed by atoms with Crippen molar-refractivity contribution in [1.82, 2.24) is 5.32 Å². The number of hydrogen-bond acceptors (Lipinski definition) is 6. The second-order valence-electron chi connectivity index (χ2n) is 7.94. The molecule has 1 heterocycles. The number of nitrogens with zero attached hydrogens (tertiary/aromatic N) is 1. The number of hydrogen-bond donors (Lipinski definition) is 1. The molecule has 1 fully saturated rings. The number of carbonyl (C=O) groups excluding carboxylic acids is 2. The van der Waals surface area contributed by atoms with Crippen molar-refractivity contribution in [2.75, 3.05) is 12.0 Å². The number of ether oxygens (including phenoxy) is 3. The fraction of sp³-hybridized carbons (Fsp3) is 0.148. The molecule has 0 aliphatic carbocycles. The third kappa shape index (κ3) is 5.50. The first-order chi connectivity index (χ1) is 16.9. The van der Waals surface area contributed by atoms with Crippen LogP contribution in [0.2, 0.25) is 0 Å². The third-order valence-electron chi connectivity index (χ3n) is 5.04. The van der Waals surface area contributed by atoms with Gasteiger partial charge in [-0.1, -0.05) is 24.3 Å². The van der Waals surface area contributed by atoms with Crippen molar-refractivity contribution in [1.29, 1.82) is 0 Å². The average Bonchev–Trinajstić information content (AvgIpc) is 2.84. The molecule has 178 valence electrons. The van der Waals surface area contributed by atoms with Crippen molar-refractivity contribution in [2.45, 2.75) is 20.0 Å². The zero-order valence-electron chi connectivity index (χ0n) is 19.5. The summed E-state index contributed by atoms with van der Waals surface area (Å²) in [6, 6.07) is 21.4. The van der Waals surface area contributed by atoms with Gasteiger partial charge in [-0.2, -0.15) is 0 Å². The molecule has 0 atom stereocenters. The Hall–Kier alpha value is -4.17. The number of nitrogens with one attached hydrogen (secondary N) is 1. The number of thiocarbonyl (C=S) groups is 1. The number of para-hydroxylation sites is 1. The van der Waals surface area contributed by atoms with Gasteiger partial charge in [-0.15, -0.1) is 0 Å². The van der Waals surface area contributed by atoms with Crippen LogP contribution in [0, 0.1) is 0 Å². The summed E-state index contributed by atoms with van der Waals surface area (Å²) in [7, 11) is 1.53. The Balaban J connectivity index is 1.59. The van der Waals surface area contributed by atoms with E-state index < -0.39 is 11.8 Å². The fourth-order valence-electron chi connectivity index (χ4n) is 3.47. The molecule has 0 unspecified atom stereocenters. The molecule has 3 aromatic carbocycles. The minimum atomic E-state index is -0.568. The van der Waals surface area contributed by atoms with Crippen LogP contribution in [0.1, 0.15) is 19.4 Å². The van der Waals surface area contributed by atoms with E-state index in [1.54, 1.807) is 42.5 Å². The van der Waals surface area contributed by atoms with Crippen LogP contribution in [0.4, 0.5) is 5.69 Å². The Morgan fingerprint density at radius 1 is 0.914 bits per heavy atom. The van der Waals surface area contributed by atoms with E-state index in [4.69, 9.17) is 26.4 Å². The molecule has 0 radical (unpaired) electrons. The molecule has 4 rings (SSSR count). The number of anilines is 1. The SMILES string of the molecule is COc1cc(/C=C2\C(=O)NC(=S)N(c3ccc(Oc4ccccc4)cc3)C2=O)ccc1OC(C)C. The monoisotopic (exact) mass is 488 g/mol. The summed E-state index contributed by atoms with van der Waals surface area (Å²) >= 11 is 5.29. The lowest BCUT2D eigenvalue weighted by Crippen LogP contribution is -2.54. The van der Waals surface area contributed by atoms with Gasteiger partial charge in [-0.25, -0.2) is 0 Å². The minimum absolute atomic E-state index is 0.00661. The van der Waals surface area contributed by atoms with Gasteiger partial charge in [0.05, 0.1) is 18.9 Å². The normalized spacial score (nSPS) is 14.8. The zero-order chi connectivity index (χ0) is 24.9. The van der Waals surface area contributed by atoms with E-state index in [1.165, 1.54) is 18.1 Å². The van der Waals surface area contributed by atoms with E-state index in [0.717, 1.165) is 0 Å². The molecular weight excluding hydrogens is 464 g/mol. The number of carbonyl (C=O) groups is 2. The molecule has 35 heavy (non-hydrogen) atoms. The van der Waals surface area contributed by atoms with Gasteiger partial charge in [0.25, 0.3) is 11.8 Å². The van der Waals surface area contributed by atoms with Gasteiger partial charge in [0, 0.05) is 0 Å². The molecular formula is C27H24N2O5S. The number of rotatable bonds is 7. The largest absolute Gasteiger partial charge is 0.493 e. The van der Waals surface area contributed by atoms with E-state index in [0.29, 0.717) is 34.2 Å². The van der Waals surface area contributed by atoms with Crippen LogP contribution in [0.25, 0.3) is 6.08 Å². The van der Waals surface area contributed by atoms with Crippen molar-refractivity contribution in [3.8, 4) is 23.0 Å². The highest BCUT2D eigenvalue weighted by Crippen LogP contribution is 2.31. The van der Waals surface area contributed by atoms with E-state index in [9.17, 15) is 9.59 Å². The second-order valence-corrected chi connectivity index (χ2v) is 8.33. The van der Waals surface area contributed by atoms with Crippen LogP contribution in [0.5, 0.6) is 23.0 Å². The highest BCUT2D eigenvalue weighted by Gasteiger charge is 2.34. The standard InChI is InChI=1S/C27H24N2O5S/c1-17(2)33-23-14-9-18(16-24(23)32-3)15-22-25(30)28-27(35)29(26(22)31)19-10-12-21(13-11-19)34-20-7-5-4-6-8-20/h4-17H,1-3H3,(H,28,30,35)/b22-15+. The topological polar surface area (TPSA) is 77.1 Å². The molecule has 2 amide bonds. The molecule has 1 saturated heterocycles. The van der Waals surface area contributed by atoms with E-state index in [1.807, 2.05) is 44.2 Å². The summed E-state index contributed by atoms with van der Waals surface area (Å²) in [5.74, 6) is 1.27. The Morgan fingerprint density at radius 2 is 1.60 bits per heavy atom. The molecule has 0 aromatic heterocycles. The smallest absolute Gasteiger partial charge is 0.270 e. The average molecular weight is 489 g/mol. The summed E-state index contributed by atoms with van der Waals surface area (Å²) in [5.41, 5.74) is 1.06. The predicted molar refractivity (Wildman–Crippen MR) is 138 cm³/mol. The van der Waals surface area contributed by atoms with Crippen molar-refractivity contribution < 1.29 is 23.8 Å². The molecule has 1 aliphatic rings. The molecule has 8 heteroatoms. The summed E-state index contributed by atoms with van der Waals surface area (Å²) < 4.78 is 16.9. The highest BCUT2D eigenvalue weighted by molar-refractivity contribution is 7.80. The summed E-state index contributed by atoms with van der Waals surface area (Å²) in [4.78, 5) is 27.2. The Kier molecular flexibility index (Phi) is 7.12. The van der Waals surface area contributed by atoms with Crippen molar-refractivity contribution in [3.05, 3.63) is 83.9 Å². The maximum absolute atomic E-state index is 13.3. The maximum atomic E-state index is 13.3.